The maximum absolute atomic E-state index is 12.9. The van der Waals surface area contributed by atoms with Crippen molar-refractivity contribution in [2.45, 2.75) is 6.92 Å². The van der Waals surface area contributed by atoms with Crippen molar-refractivity contribution in [3.8, 4) is 0 Å². The molecule has 0 saturated carbocycles. The number of anilines is 1. The van der Waals surface area contributed by atoms with Crippen LogP contribution in [0.4, 0.5) is 10.1 Å². The number of fused-ring (bicyclic) bond motifs is 1. The first-order valence-corrected chi connectivity index (χ1v) is 4.45. The Morgan fingerprint density at radius 3 is 3.00 bits per heavy atom. The topological polar surface area (TPSA) is 29.1 Å². The van der Waals surface area contributed by atoms with Crippen molar-refractivity contribution in [2.24, 2.45) is 0 Å². The van der Waals surface area contributed by atoms with Gasteiger partial charge in [0.05, 0.1) is 6.54 Å². The van der Waals surface area contributed by atoms with Crippen LogP contribution in [0.25, 0.3) is 5.57 Å². The van der Waals surface area contributed by atoms with Crippen molar-refractivity contribution in [3.05, 3.63) is 35.7 Å². The van der Waals surface area contributed by atoms with Crippen LogP contribution in [0.2, 0.25) is 0 Å². The molecule has 1 aromatic carbocycles. The maximum atomic E-state index is 12.9. The van der Waals surface area contributed by atoms with Crippen LogP contribution < -0.4 is 5.32 Å². The van der Waals surface area contributed by atoms with Gasteiger partial charge in [-0.05, 0) is 25.1 Å². The van der Waals surface area contributed by atoms with Gasteiger partial charge in [-0.2, -0.15) is 0 Å². The van der Waals surface area contributed by atoms with Crippen LogP contribution in [0.3, 0.4) is 0 Å². The van der Waals surface area contributed by atoms with Crippen LogP contribution in [-0.2, 0) is 4.79 Å². The number of benzene rings is 1. The fraction of sp³-hybridized carbons (Fsp3) is 0.182. The Morgan fingerprint density at radius 2 is 2.29 bits per heavy atom. The minimum absolute atomic E-state index is 0.0478. The zero-order valence-electron chi connectivity index (χ0n) is 7.80. The van der Waals surface area contributed by atoms with Gasteiger partial charge in [0.15, 0.2) is 5.78 Å². The van der Waals surface area contributed by atoms with E-state index in [2.05, 4.69) is 5.32 Å². The average Bonchev–Trinajstić information content (AvgIpc) is 2.18. The summed E-state index contributed by atoms with van der Waals surface area (Å²) in [6, 6.07) is 4.40. The Balaban J connectivity index is 2.58. The SMILES string of the molecule is C/C=C1\C(=O)CNc2cc(F)ccc21. The third-order valence-corrected chi connectivity index (χ3v) is 2.30. The maximum Gasteiger partial charge on any atom is 0.182 e. The number of carbonyl (C=O) groups is 1. The summed E-state index contributed by atoms with van der Waals surface area (Å²) < 4.78 is 12.9. The highest BCUT2D eigenvalue weighted by atomic mass is 19.1. The van der Waals surface area contributed by atoms with Gasteiger partial charge in [-0.1, -0.05) is 6.08 Å². The van der Waals surface area contributed by atoms with Crippen LogP contribution in [-0.4, -0.2) is 12.3 Å². The molecule has 3 heteroatoms. The van der Waals surface area contributed by atoms with Crippen molar-refractivity contribution in [1.29, 1.82) is 0 Å². The molecule has 0 aliphatic carbocycles. The lowest BCUT2D eigenvalue weighted by Gasteiger charge is -2.19. The number of hydrogen-bond donors (Lipinski definition) is 1. The van der Waals surface area contributed by atoms with Gasteiger partial charge in [0, 0.05) is 16.8 Å². The molecule has 0 bridgehead atoms. The van der Waals surface area contributed by atoms with Crippen molar-refractivity contribution < 1.29 is 9.18 Å². The van der Waals surface area contributed by atoms with Gasteiger partial charge in [0.25, 0.3) is 0 Å². The van der Waals surface area contributed by atoms with E-state index in [0.29, 0.717) is 11.3 Å². The molecule has 0 fully saturated rings. The lowest BCUT2D eigenvalue weighted by Crippen LogP contribution is -2.21. The van der Waals surface area contributed by atoms with E-state index in [9.17, 15) is 9.18 Å². The lowest BCUT2D eigenvalue weighted by atomic mass is 9.96. The quantitative estimate of drug-likeness (QED) is 0.637. The summed E-state index contributed by atoms with van der Waals surface area (Å²) >= 11 is 0. The van der Waals surface area contributed by atoms with Gasteiger partial charge >= 0.3 is 0 Å². The first kappa shape index (κ1) is 8.94. The summed E-state index contributed by atoms with van der Waals surface area (Å²) in [5, 5.41) is 2.89. The Labute approximate surface area is 81.4 Å². The van der Waals surface area contributed by atoms with Gasteiger partial charge in [-0.3, -0.25) is 4.79 Å². The molecule has 1 heterocycles. The van der Waals surface area contributed by atoms with E-state index in [1.807, 2.05) is 6.92 Å². The summed E-state index contributed by atoms with van der Waals surface area (Å²) in [5.41, 5.74) is 2.14. The number of ketones is 1. The number of rotatable bonds is 0. The number of halogens is 1. The molecule has 72 valence electrons. The summed E-state index contributed by atoms with van der Waals surface area (Å²) in [6.45, 7) is 2.06. The van der Waals surface area contributed by atoms with Crippen molar-refractivity contribution in [1.82, 2.24) is 0 Å². The Kier molecular flexibility index (Phi) is 2.08. The van der Waals surface area contributed by atoms with Gasteiger partial charge < -0.3 is 5.32 Å². The summed E-state index contributed by atoms with van der Waals surface area (Å²) in [4.78, 5) is 11.4. The minimum atomic E-state index is -0.291. The summed E-state index contributed by atoms with van der Waals surface area (Å²) in [7, 11) is 0. The van der Waals surface area contributed by atoms with E-state index < -0.39 is 0 Å². The molecule has 1 aliphatic heterocycles. The second-order valence-corrected chi connectivity index (χ2v) is 3.17. The van der Waals surface area contributed by atoms with E-state index in [1.54, 1.807) is 12.1 Å². The van der Waals surface area contributed by atoms with Crippen LogP contribution in [0.5, 0.6) is 0 Å². The van der Waals surface area contributed by atoms with Crippen molar-refractivity contribution in [3.63, 3.8) is 0 Å². The van der Waals surface area contributed by atoms with E-state index >= 15 is 0 Å². The first-order valence-electron chi connectivity index (χ1n) is 4.45. The monoisotopic (exact) mass is 191 g/mol. The van der Waals surface area contributed by atoms with Gasteiger partial charge in [0.1, 0.15) is 5.82 Å². The lowest BCUT2D eigenvalue weighted by molar-refractivity contribution is -0.112. The molecule has 0 aromatic heterocycles. The number of carbonyl (C=O) groups excluding carboxylic acids is 1. The fourth-order valence-corrected chi connectivity index (χ4v) is 1.64. The molecular formula is C11H10FNO. The average molecular weight is 191 g/mol. The highest BCUT2D eigenvalue weighted by molar-refractivity contribution is 6.25. The number of Topliss-reactive ketones (excluding diaryl/α,β-unsaturated/α-hetero) is 1. The van der Waals surface area contributed by atoms with E-state index in [4.69, 9.17) is 0 Å². The highest BCUT2D eigenvalue weighted by Gasteiger charge is 2.20. The molecule has 0 spiro atoms. The van der Waals surface area contributed by atoms with Crippen LogP contribution in [0.15, 0.2) is 24.3 Å². The smallest absolute Gasteiger partial charge is 0.182 e. The normalized spacial score (nSPS) is 17.9. The first-order chi connectivity index (χ1) is 6.72. The molecule has 0 radical (unpaired) electrons. The number of allylic oxidation sites excluding steroid dienone is 1. The largest absolute Gasteiger partial charge is 0.377 e. The Hall–Kier alpha value is -1.64. The number of nitrogens with one attached hydrogen (secondary N) is 1. The van der Waals surface area contributed by atoms with E-state index in [1.165, 1.54) is 12.1 Å². The zero-order chi connectivity index (χ0) is 10.1. The molecule has 14 heavy (non-hydrogen) atoms. The second kappa shape index (κ2) is 3.25. The Morgan fingerprint density at radius 1 is 1.50 bits per heavy atom. The molecule has 0 unspecified atom stereocenters. The van der Waals surface area contributed by atoms with Crippen molar-refractivity contribution >= 4 is 17.0 Å². The molecular weight excluding hydrogens is 181 g/mol. The fourth-order valence-electron chi connectivity index (χ4n) is 1.64. The Bertz CT molecular complexity index is 423. The minimum Gasteiger partial charge on any atom is -0.377 e. The van der Waals surface area contributed by atoms with Gasteiger partial charge in [0.2, 0.25) is 0 Å². The predicted octanol–water partition coefficient (Wildman–Crippen LogP) is 2.22. The van der Waals surface area contributed by atoms with E-state index in [0.717, 1.165) is 5.56 Å². The third-order valence-electron chi connectivity index (χ3n) is 2.30. The third kappa shape index (κ3) is 1.31. The second-order valence-electron chi connectivity index (χ2n) is 3.17. The predicted molar refractivity (Wildman–Crippen MR) is 53.5 cm³/mol. The number of hydrogen-bond acceptors (Lipinski definition) is 2. The molecule has 1 aromatic rings. The molecule has 1 aliphatic rings. The molecule has 0 atom stereocenters. The van der Waals surface area contributed by atoms with Crippen LogP contribution in [0.1, 0.15) is 12.5 Å². The van der Waals surface area contributed by atoms with Gasteiger partial charge in [-0.15, -0.1) is 0 Å². The van der Waals surface area contributed by atoms with Crippen LogP contribution >= 0.6 is 0 Å². The summed E-state index contributed by atoms with van der Waals surface area (Å²) in [5.74, 6) is -0.243. The highest BCUT2D eigenvalue weighted by Crippen LogP contribution is 2.28. The van der Waals surface area contributed by atoms with E-state index in [-0.39, 0.29) is 18.1 Å². The molecule has 1 N–H and O–H groups in total. The standard InChI is InChI=1S/C11H10FNO/c1-2-8-9-4-3-7(12)5-10(9)13-6-11(8)14/h2-5,13H,6H2,1H3/b8-2-. The molecule has 0 amide bonds. The zero-order valence-corrected chi connectivity index (χ0v) is 7.80. The molecule has 2 rings (SSSR count). The molecule has 2 nitrogen and oxygen atoms in total. The molecule has 0 saturated heterocycles. The summed E-state index contributed by atoms with van der Waals surface area (Å²) in [6.07, 6.45) is 1.76. The van der Waals surface area contributed by atoms with Gasteiger partial charge in [-0.25, -0.2) is 4.39 Å². The van der Waals surface area contributed by atoms with Crippen LogP contribution in [0, 0.1) is 5.82 Å². The van der Waals surface area contributed by atoms with Crippen molar-refractivity contribution in [2.75, 3.05) is 11.9 Å².